The highest BCUT2D eigenvalue weighted by molar-refractivity contribution is 5.93. The topological polar surface area (TPSA) is 73.3 Å². The van der Waals surface area contributed by atoms with Crippen molar-refractivity contribution in [1.29, 1.82) is 0 Å². The SMILES string of the molecule is CCNC(=NCCc1ccc(OC)c(OC)c1)Nc1cccc(OCCCOC)c1. The summed E-state index contributed by atoms with van der Waals surface area (Å²) < 4.78 is 21.5. The van der Waals surface area contributed by atoms with E-state index in [0.29, 0.717) is 19.8 Å². The first-order valence-electron chi connectivity index (χ1n) is 10.2. The zero-order valence-electron chi connectivity index (χ0n) is 18.4. The Morgan fingerprint density at radius 1 is 0.967 bits per heavy atom. The van der Waals surface area contributed by atoms with E-state index in [9.17, 15) is 0 Å². The Bertz CT molecular complexity index is 796. The van der Waals surface area contributed by atoms with Gasteiger partial charge in [-0.3, -0.25) is 4.99 Å². The van der Waals surface area contributed by atoms with Crippen LogP contribution in [0.3, 0.4) is 0 Å². The molecule has 0 aliphatic heterocycles. The smallest absolute Gasteiger partial charge is 0.195 e. The van der Waals surface area contributed by atoms with Crippen LogP contribution in [0, 0.1) is 0 Å². The maximum absolute atomic E-state index is 5.77. The predicted molar refractivity (Wildman–Crippen MR) is 121 cm³/mol. The number of guanidine groups is 1. The van der Waals surface area contributed by atoms with Crippen molar-refractivity contribution in [2.45, 2.75) is 19.8 Å². The molecule has 0 aliphatic rings. The standard InChI is InChI=1S/C23H33N3O4/c1-5-24-23(25-13-12-18-10-11-21(28-3)22(16-18)29-4)26-19-8-6-9-20(17-19)30-15-7-14-27-2/h6,8-11,16-17H,5,7,12-15H2,1-4H3,(H2,24,25,26). The highest BCUT2D eigenvalue weighted by atomic mass is 16.5. The van der Waals surface area contributed by atoms with E-state index in [1.54, 1.807) is 21.3 Å². The minimum atomic E-state index is 0.622. The number of anilines is 1. The molecule has 2 rings (SSSR count). The van der Waals surface area contributed by atoms with Crippen LogP contribution in [-0.2, 0) is 11.2 Å². The van der Waals surface area contributed by atoms with Gasteiger partial charge in [0.1, 0.15) is 5.75 Å². The summed E-state index contributed by atoms with van der Waals surface area (Å²) in [7, 11) is 4.97. The van der Waals surface area contributed by atoms with E-state index in [-0.39, 0.29) is 0 Å². The molecule has 0 bridgehead atoms. The van der Waals surface area contributed by atoms with E-state index in [1.807, 2.05) is 49.4 Å². The molecular weight excluding hydrogens is 382 g/mol. The summed E-state index contributed by atoms with van der Waals surface area (Å²) in [5.41, 5.74) is 2.06. The molecule has 0 spiro atoms. The van der Waals surface area contributed by atoms with Gasteiger partial charge >= 0.3 is 0 Å². The molecule has 0 aliphatic carbocycles. The third-order valence-corrected chi connectivity index (χ3v) is 4.32. The number of nitrogens with zero attached hydrogens (tertiary/aromatic N) is 1. The Balaban J connectivity index is 1.96. The van der Waals surface area contributed by atoms with Crippen molar-refractivity contribution in [3.8, 4) is 17.2 Å². The normalized spacial score (nSPS) is 11.1. The first-order chi connectivity index (χ1) is 14.7. The number of nitrogens with one attached hydrogen (secondary N) is 2. The van der Waals surface area contributed by atoms with E-state index in [2.05, 4.69) is 15.6 Å². The van der Waals surface area contributed by atoms with Crippen LogP contribution in [0.4, 0.5) is 5.69 Å². The van der Waals surface area contributed by atoms with E-state index in [0.717, 1.165) is 53.8 Å². The summed E-state index contributed by atoms with van der Waals surface area (Å²) in [6.45, 7) is 4.76. The summed E-state index contributed by atoms with van der Waals surface area (Å²) >= 11 is 0. The fourth-order valence-electron chi connectivity index (χ4n) is 2.83. The van der Waals surface area contributed by atoms with Gasteiger partial charge in [-0.15, -0.1) is 0 Å². The van der Waals surface area contributed by atoms with E-state index in [1.165, 1.54) is 0 Å². The molecule has 30 heavy (non-hydrogen) atoms. The number of hydrogen-bond acceptors (Lipinski definition) is 5. The maximum atomic E-state index is 5.77. The van der Waals surface area contributed by atoms with Crippen molar-refractivity contribution in [2.24, 2.45) is 4.99 Å². The monoisotopic (exact) mass is 415 g/mol. The molecule has 0 saturated heterocycles. The number of hydrogen-bond donors (Lipinski definition) is 2. The highest BCUT2D eigenvalue weighted by Crippen LogP contribution is 2.27. The molecule has 7 nitrogen and oxygen atoms in total. The second-order valence-corrected chi connectivity index (χ2v) is 6.55. The van der Waals surface area contributed by atoms with Gasteiger partial charge in [-0.1, -0.05) is 12.1 Å². The molecule has 2 aromatic carbocycles. The fourth-order valence-corrected chi connectivity index (χ4v) is 2.83. The van der Waals surface area contributed by atoms with Gasteiger partial charge in [0.15, 0.2) is 17.5 Å². The first-order valence-corrected chi connectivity index (χ1v) is 10.2. The molecule has 0 saturated carbocycles. The first kappa shape index (κ1) is 23.3. The lowest BCUT2D eigenvalue weighted by Crippen LogP contribution is -2.30. The molecular formula is C23H33N3O4. The average Bonchev–Trinajstić information content (AvgIpc) is 2.77. The van der Waals surface area contributed by atoms with Crippen LogP contribution in [0.15, 0.2) is 47.5 Å². The van der Waals surface area contributed by atoms with Crippen LogP contribution in [-0.4, -0.2) is 53.6 Å². The van der Waals surface area contributed by atoms with Crippen molar-refractivity contribution in [2.75, 3.05) is 52.9 Å². The van der Waals surface area contributed by atoms with E-state index >= 15 is 0 Å². The van der Waals surface area contributed by atoms with Crippen LogP contribution in [0.5, 0.6) is 17.2 Å². The lowest BCUT2D eigenvalue weighted by atomic mass is 10.1. The Hall–Kier alpha value is -2.93. The molecule has 2 N–H and O–H groups in total. The number of aliphatic imine (C=N–C) groups is 1. The van der Waals surface area contributed by atoms with Crippen LogP contribution >= 0.6 is 0 Å². The third-order valence-electron chi connectivity index (χ3n) is 4.32. The number of ether oxygens (including phenoxy) is 4. The fraction of sp³-hybridized carbons (Fsp3) is 0.435. The molecule has 0 atom stereocenters. The zero-order chi connectivity index (χ0) is 21.6. The largest absolute Gasteiger partial charge is 0.493 e. The minimum Gasteiger partial charge on any atom is -0.493 e. The van der Waals surface area contributed by atoms with Gasteiger partial charge in [-0.05, 0) is 43.2 Å². The second kappa shape index (κ2) is 13.3. The lowest BCUT2D eigenvalue weighted by Gasteiger charge is -2.13. The van der Waals surface area contributed by atoms with Gasteiger partial charge in [-0.2, -0.15) is 0 Å². The van der Waals surface area contributed by atoms with Crippen LogP contribution in [0.1, 0.15) is 18.9 Å². The third kappa shape index (κ3) is 7.83. The van der Waals surface area contributed by atoms with Crippen molar-refractivity contribution in [3.05, 3.63) is 48.0 Å². The zero-order valence-corrected chi connectivity index (χ0v) is 18.4. The molecule has 0 radical (unpaired) electrons. The molecule has 7 heteroatoms. The summed E-state index contributed by atoms with van der Waals surface area (Å²) in [5, 5.41) is 6.61. The quantitative estimate of drug-likeness (QED) is 0.313. The predicted octanol–water partition coefficient (Wildman–Crippen LogP) is 3.74. The maximum Gasteiger partial charge on any atom is 0.195 e. The Morgan fingerprint density at radius 2 is 1.80 bits per heavy atom. The molecule has 0 amide bonds. The van der Waals surface area contributed by atoms with E-state index in [4.69, 9.17) is 18.9 Å². The van der Waals surface area contributed by atoms with Crippen molar-refractivity contribution >= 4 is 11.6 Å². The van der Waals surface area contributed by atoms with Crippen molar-refractivity contribution in [1.82, 2.24) is 5.32 Å². The van der Waals surface area contributed by atoms with E-state index < -0.39 is 0 Å². The molecule has 0 aromatic heterocycles. The molecule has 2 aromatic rings. The van der Waals surface area contributed by atoms with Gasteiger partial charge in [0.2, 0.25) is 0 Å². The number of methoxy groups -OCH3 is 3. The summed E-state index contributed by atoms with van der Waals surface area (Å²) in [6.07, 6.45) is 1.65. The molecule has 0 heterocycles. The van der Waals surface area contributed by atoms with Crippen LogP contribution < -0.4 is 24.8 Å². The Morgan fingerprint density at radius 3 is 2.53 bits per heavy atom. The molecule has 0 fully saturated rings. The van der Waals surface area contributed by atoms with Crippen LogP contribution in [0.25, 0.3) is 0 Å². The van der Waals surface area contributed by atoms with Crippen LogP contribution in [0.2, 0.25) is 0 Å². The molecule has 0 unspecified atom stereocenters. The number of rotatable bonds is 12. The van der Waals surface area contributed by atoms with Gasteiger partial charge in [0.05, 0.1) is 20.8 Å². The van der Waals surface area contributed by atoms with Gasteiger partial charge in [0, 0.05) is 45.0 Å². The number of benzene rings is 2. The Labute approximate surface area is 179 Å². The van der Waals surface area contributed by atoms with Gasteiger partial charge in [0.25, 0.3) is 0 Å². The summed E-state index contributed by atoms with van der Waals surface area (Å²) in [6, 6.07) is 13.8. The summed E-state index contributed by atoms with van der Waals surface area (Å²) in [4.78, 5) is 4.68. The minimum absolute atomic E-state index is 0.622. The van der Waals surface area contributed by atoms with Gasteiger partial charge in [-0.25, -0.2) is 0 Å². The van der Waals surface area contributed by atoms with Crippen molar-refractivity contribution in [3.63, 3.8) is 0 Å². The lowest BCUT2D eigenvalue weighted by molar-refractivity contribution is 0.172. The Kier molecular flexibility index (Phi) is 10.4. The second-order valence-electron chi connectivity index (χ2n) is 6.55. The highest BCUT2D eigenvalue weighted by Gasteiger charge is 2.05. The summed E-state index contributed by atoms with van der Waals surface area (Å²) in [5.74, 6) is 3.00. The average molecular weight is 416 g/mol. The molecule has 164 valence electrons. The van der Waals surface area contributed by atoms with Gasteiger partial charge < -0.3 is 29.6 Å². The van der Waals surface area contributed by atoms with Crippen molar-refractivity contribution < 1.29 is 18.9 Å².